The van der Waals surface area contributed by atoms with Crippen LogP contribution < -0.4 is 10.0 Å². The molecular formula is C14H15FN2O3S. The monoisotopic (exact) mass is 310 g/mol. The van der Waals surface area contributed by atoms with Crippen LogP contribution in [0, 0.1) is 5.82 Å². The second-order valence-corrected chi connectivity index (χ2v) is 6.23. The van der Waals surface area contributed by atoms with Crippen LogP contribution in [-0.2, 0) is 16.6 Å². The molecule has 3 N–H and O–H groups in total. The molecule has 0 bridgehead atoms. The first-order chi connectivity index (χ1) is 9.92. The van der Waals surface area contributed by atoms with E-state index in [1.54, 1.807) is 18.2 Å². The normalized spacial score (nSPS) is 11.3. The van der Waals surface area contributed by atoms with E-state index in [4.69, 9.17) is 0 Å². The summed E-state index contributed by atoms with van der Waals surface area (Å²) in [6.45, 7) is 0.182. The van der Waals surface area contributed by atoms with Crippen LogP contribution in [0.2, 0.25) is 0 Å². The summed E-state index contributed by atoms with van der Waals surface area (Å²) in [6, 6.07) is 10.1. The number of nitrogens with one attached hydrogen (secondary N) is 2. The Morgan fingerprint density at radius 3 is 2.57 bits per heavy atom. The van der Waals surface area contributed by atoms with E-state index in [0.717, 1.165) is 6.07 Å². The Hall–Kier alpha value is -2.12. The van der Waals surface area contributed by atoms with Gasteiger partial charge in [0.1, 0.15) is 16.5 Å². The van der Waals surface area contributed by atoms with E-state index in [0.29, 0.717) is 11.3 Å². The van der Waals surface area contributed by atoms with Crippen LogP contribution in [0.15, 0.2) is 47.4 Å². The van der Waals surface area contributed by atoms with Crippen LogP contribution in [0.5, 0.6) is 5.75 Å². The smallest absolute Gasteiger partial charge is 0.242 e. The maximum absolute atomic E-state index is 13.2. The van der Waals surface area contributed by atoms with Gasteiger partial charge in [-0.25, -0.2) is 17.5 Å². The van der Waals surface area contributed by atoms with E-state index in [1.807, 2.05) is 0 Å². The lowest BCUT2D eigenvalue weighted by Gasteiger charge is -2.12. The molecule has 0 spiro atoms. The number of aromatic hydroxyl groups is 1. The van der Waals surface area contributed by atoms with E-state index >= 15 is 0 Å². The maximum Gasteiger partial charge on any atom is 0.242 e. The molecule has 0 atom stereocenters. The van der Waals surface area contributed by atoms with Crippen LogP contribution in [0.4, 0.5) is 10.1 Å². The predicted octanol–water partition coefficient (Wildman–Crippen LogP) is 2.05. The zero-order valence-corrected chi connectivity index (χ0v) is 12.1. The van der Waals surface area contributed by atoms with Crippen LogP contribution >= 0.6 is 0 Å². The summed E-state index contributed by atoms with van der Waals surface area (Å²) in [7, 11) is -2.26. The molecular weight excluding hydrogens is 295 g/mol. The molecule has 0 heterocycles. The first-order valence-electron chi connectivity index (χ1n) is 6.17. The highest BCUT2D eigenvalue weighted by Crippen LogP contribution is 2.22. The quantitative estimate of drug-likeness (QED) is 0.790. The molecule has 0 aromatic heterocycles. The van der Waals surface area contributed by atoms with Crippen LogP contribution in [0.1, 0.15) is 5.56 Å². The third kappa shape index (κ3) is 3.71. The van der Waals surface area contributed by atoms with Crippen molar-refractivity contribution in [2.45, 2.75) is 11.4 Å². The minimum absolute atomic E-state index is 0.105. The first kappa shape index (κ1) is 15.3. The minimum atomic E-state index is -3.59. The molecule has 0 unspecified atom stereocenters. The number of halogens is 1. The highest BCUT2D eigenvalue weighted by atomic mass is 32.2. The largest absolute Gasteiger partial charge is 0.508 e. The van der Waals surface area contributed by atoms with Crippen molar-refractivity contribution in [1.82, 2.24) is 4.72 Å². The van der Waals surface area contributed by atoms with Gasteiger partial charge in [0.05, 0.1) is 5.69 Å². The summed E-state index contributed by atoms with van der Waals surface area (Å²) < 4.78 is 39.2. The Labute approximate surface area is 122 Å². The number of para-hydroxylation sites is 1. The topological polar surface area (TPSA) is 78.4 Å². The van der Waals surface area contributed by atoms with Crippen molar-refractivity contribution < 1.29 is 17.9 Å². The molecule has 7 heteroatoms. The highest BCUT2D eigenvalue weighted by molar-refractivity contribution is 7.89. The summed E-state index contributed by atoms with van der Waals surface area (Å²) in [5, 5.41) is 12.3. The third-order valence-corrected chi connectivity index (χ3v) is 4.34. The minimum Gasteiger partial charge on any atom is -0.508 e. The molecule has 0 amide bonds. The maximum atomic E-state index is 13.2. The average Bonchev–Trinajstić information content (AvgIpc) is 2.44. The van der Waals surface area contributed by atoms with Gasteiger partial charge in [0.2, 0.25) is 10.0 Å². The molecule has 0 aliphatic carbocycles. The molecule has 112 valence electrons. The lowest BCUT2D eigenvalue weighted by atomic mass is 10.2. The molecule has 0 fully saturated rings. The zero-order chi connectivity index (χ0) is 15.5. The number of hydrogen-bond acceptors (Lipinski definition) is 4. The van der Waals surface area contributed by atoms with Gasteiger partial charge in [0.25, 0.3) is 0 Å². The van der Waals surface area contributed by atoms with Crippen LogP contribution in [0.3, 0.4) is 0 Å². The van der Waals surface area contributed by atoms with Crippen molar-refractivity contribution in [3.05, 3.63) is 53.8 Å². The summed E-state index contributed by atoms with van der Waals surface area (Å²) in [4.78, 5) is 0.105. The Balaban J connectivity index is 2.25. The number of anilines is 1. The lowest BCUT2D eigenvalue weighted by molar-refractivity contribution is 0.468. The first-order valence-corrected chi connectivity index (χ1v) is 7.65. The van der Waals surface area contributed by atoms with Crippen molar-refractivity contribution in [1.29, 1.82) is 0 Å². The lowest BCUT2D eigenvalue weighted by Crippen LogP contribution is -2.20. The number of phenolic OH excluding ortho intramolecular Hbond substituents is 1. The molecule has 0 aliphatic rings. The average molecular weight is 310 g/mol. The fourth-order valence-electron chi connectivity index (χ4n) is 1.89. The fraction of sp³-hybridized carbons (Fsp3) is 0.143. The zero-order valence-electron chi connectivity index (χ0n) is 11.3. The second-order valence-electron chi connectivity index (χ2n) is 4.37. The van der Waals surface area contributed by atoms with Crippen molar-refractivity contribution in [2.75, 3.05) is 12.4 Å². The molecule has 0 aliphatic heterocycles. The van der Waals surface area contributed by atoms with Crippen molar-refractivity contribution in [3.8, 4) is 5.75 Å². The van der Waals surface area contributed by atoms with Crippen molar-refractivity contribution in [3.63, 3.8) is 0 Å². The molecule has 21 heavy (non-hydrogen) atoms. The van der Waals surface area contributed by atoms with Gasteiger partial charge < -0.3 is 10.4 Å². The van der Waals surface area contributed by atoms with Gasteiger partial charge in [0, 0.05) is 12.6 Å². The number of hydrogen-bond donors (Lipinski definition) is 3. The molecule has 0 saturated heterocycles. The SMILES string of the molecule is CNS(=O)(=O)c1ccccc1NCc1cc(O)cc(F)c1. The van der Waals surface area contributed by atoms with E-state index in [2.05, 4.69) is 10.0 Å². The van der Waals surface area contributed by atoms with Gasteiger partial charge >= 0.3 is 0 Å². The number of benzene rings is 2. The summed E-state index contributed by atoms with van der Waals surface area (Å²) in [5.74, 6) is -0.731. The standard InChI is InChI=1S/C14H15FN2O3S/c1-16-21(19,20)14-5-3-2-4-13(14)17-9-10-6-11(15)8-12(18)7-10/h2-8,16-18H,9H2,1H3. The second kappa shape index (κ2) is 6.11. The predicted molar refractivity (Wildman–Crippen MR) is 78.1 cm³/mol. The van der Waals surface area contributed by atoms with Crippen molar-refractivity contribution in [2.24, 2.45) is 0 Å². The van der Waals surface area contributed by atoms with Gasteiger partial charge in [-0.2, -0.15) is 0 Å². The Morgan fingerprint density at radius 2 is 1.90 bits per heavy atom. The van der Waals surface area contributed by atoms with Gasteiger partial charge in [-0.05, 0) is 36.9 Å². The molecule has 2 aromatic carbocycles. The molecule has 2 aromatic rings. The summed E-state index contributed by atoms with van der Waals surface area (Å²) in [5.41, 5.74) is 0.903. The van der Waals surface area contributed by atoms with Gasteiger partial charge in [0.15, 0.2) is 0 Å². The van der Waals surface area contributed by atoms with Crippen LogP contribution in [-0.4, -0.2) is 20.6 Å². The van der Waals surface area contributed by atoms with E-state index in [9.17, 15) is 17.9 Å². The Kier molecular flexibility index (Phi) is 4.44. The highest BCUT2D eigenvalue weighted by Gasteiger charge is 2.15. The molecule has 2 rings (SSSR count). The number of phenols is 1. The van der Waals surface area contributed by atoms with Crippen LogP contribution in [0.25, 0.3) is 0 Å². The molecule has 0 saturated carbocycles. The van der Waals surface area contributed by atoms with Gasteiger partial charge in [-0.15, -0.1) is 0 Å². The number of rotatable bonds is 5. The van der Waals surface area contributed by atoms with E-state index < -0.39 is 15.8 Å². The third-order valence-electron chi connectivity index (χ3n) is 2.87. The van der Waals surface area contributed by atoms with Crippen molar-refractivity contribution >= 4 is 15.7 Å². The van der Waals surface area contributed by atoms with Gasteiger partial charge in [-0.3, -0.25) is 0 Å². The number of sulfonamides is 1. The molecule has 5 nitrogen and oxygen atoms in total. The summed E-state index contributed by atoms with van der Waals surface area (Å²) >= 11 is 0. The summed E-state index contributed by atoms with van der Waals surface area (Å²) in [6.07, 6.45) is 0. The Morgan fingerprint density at radius 1 is 1.19 bits per heavy atom. The molecule has 0 radical (unpaired) electrons. The Bertz CT molecular complexity index is 727. The van der Waals surface area contributed by atoms with E-state index in [1.165, 1.54) is 25.2 Å². The fourth-order valence-corrected chi connectivity index (χ4v) is 2.80. The van der Waals surface area contributed by atoms with Gasteiger partial charge in [-0.1, -0.05) is 12.1 Å². The van der Waals surface area contributed by atoms with E-state index in [-0.39, 0.29) is 17.2 Å².